The minimum atomic E-state index is -0.764. The fourth-order valence-corrected chi connectivity index (χ4v) is 8.59. The molecule has 0 rings (SSSR count). The van der Waals surface area contributed by atoms with Crippen molar-refractivity contribution in [2.45, 2.75) is 322 Å². The monoisotopic (exact) mass is 915 g/mol. The predicted molar refractivity (Wildman–Crippen MR) is 279 cm³/mol. The molecule has 0 fully saturated rings. The lowest BCUT2D eigenvalue weighted by molar-refractivity contribution is -0.167. The molecule has 0 amide bonds. The zero-order valence-electron chi connectivity index (χ0n) is 43.8. The first kappa shape index (κ1) is 62.9. The molecule has 1 atom stereocenters. The number of rotatable bonds is 53. The summed E-state index contributed by atoms with van der Waals surface area (Å²) in [6, 6.07) is 0. The highest BCUT2D eigenvalue weighted by molar-refractivity contribution is 5.71. The van der Waals surface area contributed by atoms with E-state index in [-0.39, 0.29) is 31.1 Å². The molecule has 0 saturated carbocycles. The van der Waals surface area contributed by atoms with Gasteiger partial charge in [-0.1, -0.05) is 270 Å². The largest absolute Gasteiger partial charge is 0.462 e. The zero-order chi connectivity index (χ0) is 47.2. The lowest BCUT2D eigenvalue weighted by atomic mass is 10.0. The van der Waals surface area contributed by atoms with Crippen molar-refractivity contribution in [3.8, 4) is 0 Å². The van der Waals surface area contributed by atoms with Crippen LogP contribution in [-0.2, 0) is 28.6 Å². The van der Waals surface area contributed by atoms with E-state index >= 15 is 0 Å². The molecule has 382 valence electrons. The van der Waals surface area contributed by atoms with Crippen LogP contribution in [0.3, 0.4) is 0 Å². The lowest BCUT2D eigenvalue weighted by Crippen LogP contribution is -2.30. The third-order valence-corrected chi connectivity index (χ3v) is 13.0. The Balaban J connectivity index is 4.14. The zero-order valence-corrected chi connectivity index (χ0v) is 43.8. The van der Waals surface area contributed by atoms with E-state index in [0.717, 1.165) is 64.2 Å². The van der Waals surface area contributed by atoms with Crippen molar-refractivity contribution >= 4 is 17.9 Å². The molecule has 0 spiro atoms. The van der Waals surface area contributed by atoms with Gasteiger partial charge in [0.1, 0.15) is 13.2 Å². The van der Waals surface area contributed by atoms with Crippen molar-refractivity contribution in [3.05, 3.63) is 24.3 Å². The second-order valence-corrected chi connectivity index (χ2v) is 19.6. The molecule has 6 heteroatoms. The smallest absolute Gasteiger partial charge is 0.306 e. The maximum atomic E-state index is 12.8. The van der Waals surface area contributed by atoms with Crippen molar-refractivity contribution in [1.82, 2.24) is 0 Å². The van der Waals surface area contributed by atoms with Crippen LogP contribution >= 0.6 is 0 Å². The lowest BCUT2D eigenvalue weighted by Gasteiger charge is -2.18. The Morgan fingerprint density at radius 3 is 0.846 bits per heavy atom. The van der Waals surface area contributed by atoms with Gasteiger partial charge in [-0.05, 0) is 51.4 Å². The molecule has 0 aromatic heterocycles. The van der Waals surface area contributed by atoms with Crippen molar-refractivity contribution in [2.24, 2.45) is 0 Å². The van der Waals surface area contributed by atoms with Gasteiger partial charge < -0.3 is 14.2 Å². The van der Waals surface area contributed by atoms with E-state index in [1.165, 1.54) is 212 Å². The average Bonchev–Trinajstić information content (AvgIpc) is 3.30. The van der Waals surface area contributed by atoms with Gasteiger partial charge in [-0.25, -0.2) is 0 Å². The molecule has 6 nitrogen and oxygen atoms in total. The SMILES string of the molecule is CCCCCCC/C=C\C/C=C\CCCCCCCCCCCCCCCC(=O)OCC(COC(=O)CCCCCCCCCCC)OC(=O)CCCCCCCCCCCCCCC. The molecule has 0 aliphatic carbocycles. The number of unbranched alkanes of at least 4 members (excludes halogenated alkanes) is 38. The van der Waals surface area contributed by atoms with Gasteiger partial charge in [0.2, 0.25) is 0 Å². The van der Waals surface area contributed by atoms with Crippen LogP contribution in [0.1, 0.15) is 316 Å². The summed E-state index contributed by atoms with van der Waals surface area (Å²) in [6.45, 7) is 6.65. The Labute approximate surface area is 404 Å². The molecule has 0 heterocycles. The number of hydrogen-bond acceptors (Lipinski definition) is 6. The summed E-state index contributed by atoms with van der Waals surface area (Å²) in [4.78, 5) is 38.0. The highest BCUT2D eigenvalue weighted by atomic mass is 16.6. The Morgan fingerprint density at radius 1 is 0.308 bits per heavy atom. The number of ether oxygens (including phenoxy) is 3. The van der Waals surface area contributed by atoms with E-state index in [9.17, 15) is 14.4 Å². The van der Waals surface area contributed by atoms with E-state index < -0.39 is 6.10 Å². The molecule has 0 aliphatic rings. The Morgan fingerprint density at radius 2 is 0.554 bits per heavy atom. The fourth-order valence-electron chi connectivity index (χ4n) is 8.59. The first-order chi connectivity index (χ1) is 32.0. The summed E-state index contributed by atoms with van der Waals surface area (Å²) in [5.74, 6) is -0.851. The summed E-state index contributed by atoms with van der Waals surface area (Å²) < 4.78 is 16.8. The third-order valence-electron chi connectivity index (χ3n) is 13.0. The van der Waals surface area contributed by atoms with Crippen LogP contribution in [0.4, 0.5) is 0 Å². The highest BCUT2D eigenvalue weighted by Gasteiger charge is 2.19. The maximum Gasteiger partial charge on any atom is 0.306 e. The number of carbonyl (C=O) groups excluding carboxylic acids is 3. The number of allylic oxidation sites excluding steroid dienone is 4. The first-order valence-corrected chi connectivity index (χ1v) is 28.8. The van der Waals surface area contributed by atoms with Crippen LogP contribution in [0, 0.1) is 0 Å². The van der Waals surface area contributed by atoms with Crippen molar-refractivity contribution < 1.29 is 28.6 Å². The summed E-state index contributed by atoms with van der Waals surface area (Å²) >= 11 is 0. The van der Waals surface area contributed by atoms with Crippen LogP contribution in [-0.4, -0.2) is 37.2 Å². The first-order valence-electron chi connectivity index (χ1n) is 28.8. The average molecular weight is 916 g/mol. The van der Waals surface area contributed by atoms with Crippen molar-refractivity contribution in [3.63, 3.8) is 0 Å². The summed E-state index contributed by atoms with van der Waals surface area (Å²) in [7, 11) is 0. The molecule has 0 aliphatic heterocycles. The number of carbonyl (C=O) groups is 3. The maximum absolute atomic E-state index is 12.8. The van der Waals surface area contributed by atoms with Gasteiger partial charge in [-0.3, -0.25) is 14.4 Å². The van der Waals surface area contributed by atoms with E-state index in [0.29, 0.717) is 19.3 Å². The molecule has 65 heavy (non-hydrogen) atoms. The molecule has 0 radical (unpaired) electrons. The molecular formula is C59H110O6. The fraction of sp³-hybridized carbons (Fsp3) is 0.881. The molecule has 1 unspecified atom stereocenters. The molecule has 0 aromatic rings. The standard InChI is InChI=1S/C59H110O6/c1-4-7-10-13-16-19-21-23-24-25-26-27-28-29-30-31-32-33-34-36-37-40-43-46-49-52-58(61)64-55-56(54-63-57(60)51-48-45-42-39-18-15-12-9-6-3)65-59(62)53-50-47-44-41-38-35-22-20-17-14-11-8-5-2/h21,23,25-26,56H,4-20,22,24,27-55H2,1-3H3/b23-21-,26-25-. The number of esters is 3. The molecular weight excluding hydrogens is 805 g/mol. The minimum absolute atomic E-state index is 0.0659. The van der Waals surface area contributed by atoms with Gasteiger partial charge >= 0.3 is 17.9 Å². The minimum Gasteiger partial charge on any atom is -0.462 e. The summed E-state index contributed by atoms with van der Waals surface area (Å²) in [6.07, 6.45) is 63.3. The molecule has 0 saturated heterocycles. The summed E-state index contributed by atoms with van der Waals surface area (Å²) in [5.41, 5.74) is 0. The highest BCUT2D eigenvalue weighted by Crippen LogP contribution is 2.17. The van der Waals surface area contributed by atoms with Crippen LogP contribution in [0.15, 0.2) is 24.3 Å². The van der Waals surface area contributed by atoms with Crippen molar-refractivity contribution in [1.29, 1.82) is 0 Å². The van der Waals surface area contributed by atoms with E-state index in [2.05, 4.69) is 45.1 Å². The van der Waals surface area contributed by atoms with Gasteiger partial charge in [-0.15, -0.1) is 0 Å². The molecule has 0 bridgehead atoms. The van der Waals surface area contributed by atoms with Gasteiger partial charge in [0, 0.05) is 19.3 Å². The van der Waals surface area contributed by atoms with Gasteiger partial charge in [0.05, 0.1) is 0 Å². The number of hydrogen-bond donors (Lipinski definition) is 0. The summed E-state index contributed by atoms with van der Waals surface area (Å²) in [5, 5.41) is 0. The normalized spacial score (nSPS) is 12.1. The predicted octanol–water partition coefficient (Wildman–Crippen LogP) is 19.1. The van der Waals surface area contributed by atoms with Crippen LogP contribution in [0.2, 0.25) is 0 Å². The van der Waals surface area contributed by atoms with Crippen LogP contribution in [0.25, 0.3) is 0 Å². The van der Waals surface area contributed by atoms with Gasteiger partial charge in [0.25, 0.3) is 0 Å². The van der Waals surface area contributed by atoms with Crippen LogP contribution < -0.4 is 0 Å². The van der Waals surface area contributed by atoms with E-state index in [1.807, 2.05) is 0 Å². The Bertz CT molecular complexity index is 1050. The molecule has 0 aromatic carbocycles. The van der Waals surface area contributed by atoms with E-state index in [1.54, 1.807) is 0 Å². The van der Waals surface area contributed by atoms with E-state index in [4.69, 9.17) is 14.2 Å². The third kappa shape index (κ3) is 52.7. The Kier molecular flexibility index (Phi) is 52.7. The molecule has 0 N–H and O–H groups in total. The quantitative estimate of drug-likeness (QED) is 0.0262. The van der Waals surface area contributed by atoms with Crippen molar-refractivity contribution in [2.75, 3.05) is 13.2 Å². The van der Waals surface area contributed by atoms with Crippen LogP contribution in [0.5, 0.6) is 0 Å². The topological polar surface area (TPSA) is 78.9 Å². The van der Waals surface area contributed by atoms with Gasteiger partial charge in [-0.2, -0.15) is 0 Å². The van der Waals surface area contributed by atoms with Gasteiger partial charge in [0.15, 0.2) is 6.10 Å². The Hall–Kier alpha value is -2.11. The second kappa shape index (κ2) is 54.5. The second-order valence-electron chi connectivity index (χ2n) is 19.6.